The Hall–Kier alpha value is -1.66. The van der Waals surface area contributed by atoms with E-state index in [2.05, 4.69) is 15.6 Å². The molecule has 18 heavy (non-hydrogen) atoms. The average molecular weight is 253 g/mol. The standard InChI is InChI=1S/C12H19N3O3/c1-13-12(17)11-7-9(3-5-15-11)14-6-4-10(16)8-18-2/h3,5,7,10,16H,4,6,8H2,1-2H3,(H,13,17)(H,14,15). The molecule has 0 aliphatic carbocycles. The molecule has 6 heteroatoms. The number of hydrogen-bond donors (Lipinski definition) is 3. The van der Waals surface area contributed by atoms with Crippen LogP contribution in [0.15, 0.2) is 18.3 Å². The van der Waals surface area contributed by atoms with E-state index < -0.39 is 6.10 Å². The van der Waals surface area contributed by atoms with E-state index in [0.717, 1.165) is 5.69 Å². The zero-order chi connectivity index (χ0) is 13.4. The van der Waals surface area contributed by atoms with Gasteiger partial charge < -0.3 is 20.5 Å². The van der Waals surface area contributed by atoms with E-state index in [1.807, 2.05) is 0 Å². The van der Waals surface area contributed by atoms with E-state index in [1.54, 1.807) is 32.5 Å². The summed E-state index contributed by atoms with van der Waals surface area (Å²) in [6.45, 7) is 0.920. The number of rotatable bonds is 7. The summed E-state index contributed by atoms with van der Waals surface area (Å²) in [6.07, 6.45) is 1.66. The first kappa shape index (κ1) is 14.4. The zero-order valence-corrected chi connectivity index (χ0v) is 10.6. The van der Waals surface area contributed by atoms with Crippen molar-refractivity contribution in [3.63, 3.8) is 0 Å². The highest BCUT2D eigenvalue weighted by molar-refractivity contribution is 5.92. The van der Waals surface area contributed by atoms with Crippen molar-refractivity contribution in [3.05, 3.63) is 24.0 Å². The number of amides is 1. The molecule has 1 amide bonds. The van der Waals surface area contributed by atoms with Gasteiger partial charge in [0.15, 0.2) is 0 Å². The number of aliphatic hydroxyl groups is 1. The van der Waals surface area contributed by atoms with E-state index in [-0.39, 0.29) is 5.91 Å². The average Bonchev–Trinajstić information content (AvgIpc) is 2.38. The molecule has 0 saturated heterocycles. The second-order valence-corrected chi connectivity index (χ2v) is 3.83. The van der Waals surface area contributed by atoms with Gasteiger partial charge in [-0.05, 0) is 18.6 Å². The van der Waals surface area contributed by atoms with Crippen LogP contribution in [0.2, 0.25) is 0 Å². The quantitative estimate of drug-likeness (QED) is 0.649. The lowest BCUT2D eigenvalue weighted by Gasteiger charge is -2.11. The Bertz CT molecular complexity index is 385. The van der Waals surface area contributed by atoms with E-state index in [4.69, 9.17) is 4.74 Å². The number of carbonyl (C=O) groups is 1. The SMILES string of the molecule is CNC(=O)c1cc(NCCC(O)COC)ccn1. The van der Waals surface area contributed by atoms with Crippen LogP contribution in [0.4, 0.5) is 5.69 Å². The third kappa shape index (κ3) is 4.68. The number of nitrogens with zero attached hydrogens (tertiary/aromatic N) is 1. The molecule has 1 aromatic heterocycles. The summed E-state index contributed by atoms with van der Waals surface area (Å²) >= 11 is 0. The third-order valence-electron chi connectivity index (χ3n) is 2.39. The Kier molecular flexibility index (Phi) is 6.10. The smallest absolute Gasteiger partial charge is 0.269 e. The Morgan fingerprint density at radius 2 is 2.39 bits per heavy atom. The normalized spacial score (nSPS) is 11.9. The summed E-state index contributed by atoms with van der Waals surface area (Å²) in [6, 6.07) is 3.44. The number of carbonyl (C=O) groups excluding carboxylic acids is 1. The molecule has 3 N–H and O–H groups in total. The number of hydrogen-bond acceptors (Lipinski definition) is 5. The van der Waals surface area contributed by atoms with Gasteiger partial charge in [-0.3, -0.25) is 9.78 Å². The van der Waals surface area contributed by atoms with Gasteiger partial charge in [-0.2, -0.15) is 0 Å². The van der Waals surface area contributed by atoms with Gasteiger partial charge in [0.05, 0.1) is 12.7 Å². The summed E-state index contributed by atoms with van der Waals surface area (Å²) in [5.74, 6) is -0.224. The Morgan fingerprint density at radius 1 is 1.61 bits per heavy atom. The molecule has 1 heterocycles. The van der Waals surface area contributed by atoms with Crippen LogP contribution in [0.5, 0.6) is 0 Å². The first-order valence-corrected chi connectivity index (χ1v) is 5.76. The van der Waals surface area contributed by atoms with Gasteiger partial charge in [0, 0.05) is 32.6 Å². The monoisotopic (exact) mass is 253 g/mol. The fourth-order valence-corrected chi connectivity index (χ4v) is 1.45. The summed E-state index contributed by atoms with van der Waals surface area (Å²) in [5.41, 5.74) is 1.16. The molecule has 0 bridgehead atoms. The topological polar surface area (TPSA) is 83.5 Å². The molecule has 0 radical (unpaired) electrons. The number of aromatic nitrogens is 1. The molecule has 0 spiro atoms. The van der Waals surface area contributed by atoms with Gasteiger partial charge in [-0.25, -0.2) is 0 Å². The molecular formula is C12H19N3O3. The number of anilines is 1. The van der Waals surface area contributed by atoms with Gasteiger partial charge in [0.2, 0.25) is 0 Å². The predicted molar refractivity (Wildman–Crippen MR) is 68.6 cm³/mol. The van der Waals surface area contributed by atoms with Crippen LogP contribution in [-0.4, -0.2) is 49.4 Å². The van der Waals surface area contributed by atoms with Crippen molar-refractivity contribution < 1.29 is 14.6 Å². The number of aliphatic hydroxyl groups excluding tert-OH is 1. The summed E-state index contributed by atoms with van der Waals surface area (Å²) in [4.78, 5) is 15.3. The molecule has 0 aromatic carbocycles. The fourth-order valence-electron chi connectivity index (χ4n) is 1.45. The molecule has 1 rings (SSSR count). The van der Waals surface area contributed by atoms with Crippen LogP contribution in [0.1, 0.15) is 16.9 Å². The predicted octanol–water partition coefficient (Wildman–Crippen LogP) is 0.250. The second-order valence-electron chi connectivity index (χ2n) is 3.83. The van der Waals surface area contributed by atoms with Crippen LogP contribution >= 0.6 is 0 Å². The van der Waals surface area contributed by atoms with Crippen LogP contribution in [0.3, 0.4) is 0 Å². The highest BCUT2D eigenvalue weighted by Crippen LogP contribution is 2.08. The lowest BCUT2D eigenvalue weighted by Crippen LogP contribution is -2.20. The van der Waals surface area contributed by atoms with Crippen molar-refractivity contribution in [1.82, 2.24) is 10.3 Å². The van der Waals surface area contributed by atoms with Crippen molar-refractivity contribution in [2.45, 2.75) is 12.5 Å². The van der Waals surface area contributed by atoms with Crippen LogP contribution in [-0.2, 0) is 4.74 Å². The Morgan fingerprint density at radius 3 is 3.06 bits per heavy atom. The molecule has 6 nitrogen and oxygen atoms in total. The molecule has 1 aromatic rings. The summed E-state index contributed by atoms with van der Waals surface area (Å²) < 4.78 is 4.83. The van der Waals surface area contributed by atoms with Gasteiger partial charge in [0.1, 0.15) is 5.69 Å². The maximum absolute atomic E-state index is 11.4. The molecule has 0 aliphatic heterocycles. The number of methoxy groups -OCH3 is 1. The largest absolute Gasteiger partial charge is 0.391 e. The molecule has 0 aliphatic rings. The van der Waals surface area contributed by atoms with E-state index in [0.29, 0.717) is 25.3 Å². The van der Waals surface area contributed by atoms with Gasteiger partial charge in [-0.1, -0.05) is 0 Å². The van der Waals surface area contributed by atoms with Crippen molar-refractivity contribution in [1.29, 1.82) is 0 Å². The van der Waals surface area contributed by atoms with Crippen LogP contribution in [0.25, 0.3) is 0 Å². The van der Waals surface area contributed by atoms with Crippen molar-refractivity contribution in [2.24, 2.45) is 0 Å². The fraction of sp³-hybridized carbons (Fsp3) is 0.500. The molecule has 0 saturated carbocycles. The zero-order valence-electron chi connectivity index (χ0n) is 10.6. The third-order valence-corrected chi connectivity index (χ3v) is 2.39. The van der Waals surface area contributed by atoms with Crippen molar-refractivity contribution >= 4 is 11.6 Å². The minimum Gasteiger partial charge on any atom is -0.391 e. The number of ether oxygens (including phenoxy) is 1. The minimum absolute atomic E-state index is 0.224. The lowest BCUT2D eigenvalue weighted by atomic mass is 10.2. The summed E-state index contributed by atoms with van der Waals surface area (Å²) in [7, 11) is 3.11. The highest BCUT2D eigenvalue weighted by atomic mass is 16.5. The molecule has 0 fully saturated rings. The molecule has 100 valence electrons. The van der Waals surface area contributed by atoms with Crippen LogP contribution < -0.4 is 10.6 Å². The van der Waals surface area contributed by atoms with Gasteiger partial charge in [-0.15, -0.1) is 0 Å². The lowest BCUT2D eigenvalue weighted by molar-refractivity contribution is 0.0615. The van der Waals surface area contributed by atoms with Crippen molar-refractivity contribution in [2.75, 3.05) is 32.6 Å². The maximum atomic E-state index is 11.4. The molecule has 1 atom stereocenters. The number of nitrogens with one attached hydrogen (secondary N) is 2. The first-order chi connectivity index (χ1) is 8.67. The Labute approximate surface area is 106 Å². The van der Waals surface area contributed by atoms with Gasteiger partial charge >= 0.3 is 0 Å². The molecular weight excluding hydrogens is 234 g/mol. The first-order valence-electron chi connectivity index (χ1n) is 5.76. The van der Waals surface area contributed by atoms with E-state index in [9.17, 15) is 9.90 Å². The highest BCUT2D eigenvalue weighted by Gasteiger charge is 2.06. The molecule has 1 unspecified atom stereocenters. The minimum atomic E-state index is -0.484. The second kappa shape index (κ2) is 7.62. The van der Waals surface area contributed by atoms with E-state index >= 15 is 0 Å². The van der Waals surface area contributed by atoms with Crippen LogP contribution in [0, 0.1) is 0 Å². The van der Waals surface area contributed by atoms with Gasteiger partial charge in [0.25, 0.3) is 5.91 Å². The van der Waals surface area contributed by atoms with Crippen molar-refractivity contribution in [3.8, 4) is 0 Å². The Balaban J connectivity index is 2.45. The van der Waals surface area contributed by atoms with E-state index in [1.165, 1.54) is 0 Å². The number of pyridine rings is 1. The maximum Gasteiger partial charge on any atom is 0.269 e. The summed E-state index contributed by atoms with van der Waals surface area (Å²) in [5, 5.41) is 15.1.